The van der Waals surface area contributed by atoms with Gasteiger partial charge in [-0.15, -0.1) is 24.2 Å². The first kappa shape index (κ1) is 31.1. The van der Waals surface area contributed by atoms with E-state index in [2.05, 4.69) is 83.8 Å². The Bertz CT molecular complexity index is 734. The maximum Gasteiger partial charge on any atom is 0.0796 e. The van der Waals surface area contributed by atoms with Crippen LogP contribution in [0, 0.1) is 41.9 Å². The summed E-state index contributed by atoms with van der Waals surface area (Å²) >= 11 is 1.66. The molecule has 0 atom stereocenters. The number of rotatable bonds is 3. The fraction of sp³-hybridized carbons (Fsp3) is 0.613. The molecule has 1 N–H and O–H groups in total. The van der Waals surface area contributed by atoms with Gasteiger partial charge in [0.1, 0.15) is 0 Å². The Morgan fingerprint density at radius 3 is 1.76 bits per heavy atom. The van der Waals surface area contributed by atoms with E-state index in [9.17, 15) is 0 Å². The molecule has 1 nitrogen and oxygen atoms in total. The average Bonchev–Trinajstić information content (AvgIpc) is 3.19. The van der Waals surface area contributed by atoms with E-state index in [1.54, 1.807) is 17.5 Å². The summed E-state index contributed by atoms with van der Waals surface area (Å²) in [6, 6.07) is 2.05. The van der Waals surface area contributed by atoms with Gasteiger partial charge in [-0.05, 0) is 57.4 Å². The third-order valence-corrected chi connectivity index (χ3v) is 6.94. The Kier molecular flexibility index (Phi) is 16.5. The molecular weight excluding hydrogens is 418 g/mol. The van der Waals surface area contributed by atoms with E-state index in [1.165, 1.54) is 64.2 Å². The van der Waals surface area contributed by atoms with Crippen molar-refractivity contribution in [2.75, 3.05) is 5.32 Å². The Morgan fingerprint density at radius 2 is 1.45 bits per heavy atom. The molecule has 0 bridgehead atoms. The van der Waals surface area contributed by atoms with E-state index in [0.29, 0.717) is 0 Å². The molecule has 0 radical (unpaired) electrons. The quantitative estimate of drug-likeness (QED) is 0.436. The second kappa shape index (κ2) is 17.6. The van der Waals surface area contributed by atoms with Crippen LogP contribution < -0.4 is 5.32 Å². The minimum Gasteiger partial charge on any atom is -0.361 e. The van der Waals surface area contributed by atoms with Crippen LogP contribution in [0.5, 0.6) is 0 Å². The zero-order valence-corrected chi connectivity index (χ0v) is 23.2. The van der Waals surface area contributed by atoms with Crippen molar-refractivity contribution in [1.82, 2.24) is 0 Å². The third kappa shape index (κ3) is 15.5. The summed E-state index contributed by atoms with van der Waals surface area (Å²) in [7, 11) is 0. The minimum absolute atomic E-state index is 0.0272. The maximum absolute atomic E-state index is 4.00. The van der Waals surface area contributed by atoms with E-state index in [0.717, 1.165) is 32.9 Å². The van der Waals surface area contributed by atoms with Crippen LogP contribution in [0.1, 0.15) is 116 Å². The van der Waals surface area contributed by atoms with Gasteiger partial charge in [0.25, 0.3) is 0 Å². The fourth-order valence-electron chi connectivity index (χ4n) is 3.85. The molecule has 0 spiro atoms. The van der Waals surface area contributed by atoms with Crippen molar-refractivity contribution >= 4 is 22.6 Å². The highest BCUT2D eigenvalue weighted by atomic mass is 32.1. The number of anilines is 1. The summed E-state index contributed by atoms with van der Waals surface area (Å²) in [5, 5.41) is 3.12. The summed E-state index contributed by atoms with van der Waals surface area (Å²) in [6.07, 6.45) is 24.6. The lowest BCUT2D eigenvalue weighted by atomic mass is 9.91. The molecule has 2 aliphatic rings. The molecule has 2 aliphatic carbocycles. The minimum atomic E-state index is 0.0272. The van der Waals surface area contributed by atoms with Crippen molar-refractivity contribution < 1.29 is 0 Å². The van der Waals surface area contributed by atoms with E-state index >= 15 is 0 Å². The van der Waals surface area contributed by atoms with Crippen LogP contribution in [0.2, 0.25) is 0 Å². The molecular formula is C31H49NS. The Labute approximate surface area is 210 Å². The summed E-state index contributed by atoms with van der Waals surface area (Å²) in [6.45, 7) is 20.7. The molecule has 2 saturated carbocycles. The van der Waals surface area contributed by atoms with Crippen molar-refractivity contribution in [1.29, 1.82) is 0 Å². The maximum atomic E-state index is 4.00. The highest BCUT2D eigenvalue weighted by Gasteiger charge is 2.09. The number of thiophene rings is 1. The van der Waals surface area contributed by atoms with Gasteiger partial charge in [0.05, 0.1) is 15.4 Å². The summed E-state index contributed by atoms with van der Waals surface area (Å²) < 4.78 is 0. The topological polar surface area (TPSA) is 12.0 Å². The molecule has 0 unspecified atom stereocenters. The number of allylic oxidation sites excluding steroid dienone is 1. The van der Waals surface area contributed by atoms with Crippen molar-refractivity contribution in [2.24, 2.45) is 17.3 Å². The van der Waals surface area contributed by atoms with Gasteiger partial charge in [-0.1, -0.05) is 103 Å². The van der Waals surface area contributed by atoms with Gasteiger partial charge >= 0.3 is 0 Å². The zero-order chi connectivity index (χ0) is 25.3. The van der Waals surface area contributed by atoms with Crippen LogP contribution in [0.4, 0.5) is 5.69 Å². The van der Waals surface area contributed by atoms with Gasteiger partial charge in [-0.2, -0.15) is 0 Å². The molecule has 3 rings (SSSR count). The van der Waals surface area contributed by atoms with Crippen LogP contribution in [0.25, 0.3) is 5.57 Å². The summed E-state index contributed by atoms with van der Waals surface area (Å²) in [5.41, 5.74) is 2.11. The summed E-state index contributed by atoms with van der Waals surface area (Å²) in [4.78, 5) is 2.20. The highest BCUT2D eigenvalue weighted by Crippen LogP contribution is 2.32. The summed E-state index contributed by atoms with van der Waals surface area (Å²) in [5.74, 6) is 8.52. The fourth-order valence-corrected chi connectivity index (χ4v) is 4.75. The Balaban J connectivity index is 0.000000523. The first-order valence-corrected chi connectivity index (χ1v) is 13.5. The van der Waals surface area contributed by atoms with Crippen molar-refractivity contribution in [3.63, 3.8) is 0 Å². The van der Waals surface area contributed by atoms with E-state index < -0.39 is 0 Å². The standard InChI is InChI=1S/C15H19NS.2C7H14.C2H2/c1-7-16-13-10-12(8-9-15(4,5)6)17-14(13)11(2)3;2*1-7-5-3-2-4-6-7;1-2/h7,10,16H,1-2H2,3-6H3;2*7H,2-6H2,1H3;1-2H. The van der Waals surface area contributed by atoms with Gasteiger partial charge in [-0.25, -0.2) is 0 Å². The predicted octanol–water partition coefficient (Wildman–Crippen LogP) is 10.2. The number of terminal acetylenes is 1. The van der Waals surface area contributed by atoms with E-state index in [-0.39, 0.29) is 5.41 Å². The van der Waals surface area contributed by atoms with Gasteiger partial charge < -0.3 is 5.32 Å². The highest BCUT2D eigenvalue weighted by molar-refractivity contribution is 7.14. The third-order valence-electron chi connectivity index (χ3n) is 5.73. The lowest BCUT2D eigenvalue weighted by molar-refractivity contribution is 0.385. The predicted molar refractivity (Wildman–Crippen MR) is 154 cm³/mol. The molecule has 0 aliphatic heterocycles. The van der Waals surface area contributed by atoms with Crippen molar-refractivity contribution in [3.05, 3.63) is 35.2 Å². The van der Waals surface area contributed by atoms with E-state index in [4.69, 9.17) is 0 Å². The smallest absolute Gasteiger partial charge is 0.0796 e. The molecule has 33 heavy (non-hydrogen) atoms. The first-order chi connectivity index (χ1) is 15.6. The van der Waals surface area contributed by atoms with Crippen LogP contribution in [-0.4, -0.2) is 0 Å². The van der Waals surface area contributed by atoms with Gasteiger partial charge in [0.15, 0.2) is 0 Å². The molecule has 0 aromatic carbocycles. The van der Waals surface area contributed by atoms with Crippen LogP contribution >= 0.6 is 11.3 Å². The number of nitrogens with one attached hydrogen (secondary N) is 1. The van der Waals surface area contributed by atoms with Crippen molar-refractivity contribution in [3.8, 4) is 24.7 Å². The second-order valence-corrected chi connectivity index (χ2v) is 11.5. The average molecular weight is 468 g/mol. The van der Waals surface area contributed by atoms with E-state index in [1.807, 2.05) is 6.92 Å². The number of hydrogen-bond acceptors (Lipinski definition) is 2. The molecule has 0 saturated heterocycles. The number of hydrogen-bond donors (Lipinski definition) is 1. The largest absolute Gasteiger partial charge is 0.361 e. The van der Waals surface area contributed by atoms with Crippen molar-refractivity contribution in [2.45, 2.75) is 106 Å². The van der Waals surface area contributed by atoms with Crippen LogP contribution in [-0.2, 0) is 0 Å². The lowest BCUT2D eigenvalue weighted by Crippen LogP contribution is -1.99. The Morgan fingerprint density at radius 1 is 1.00 bits per heavy atom. The van der Waals surface area contributed by atoms with Crippen LogP contribution in [0.15, 0.2) is 25.4 Å². The monoisotopic (exact) mass is 467 g/mol. The lowest BCUT2D eigenvalue weighted by Gasteiger charge is -2.15. The SMILES string of the molecule is C#C.C=CNc1cc(C#CC(C)(C)C)sc1C(=C)C.CC1CCCCC1.CC1CCCCC1. The molecule has 1 heterocycles. The van der Waals surface area contributed by atoms with Gasteiger partial charge in [0, 0.05) is 5.41 Å². The van der Waals surface area contributed by atoms with Gasteiger partial charge in [-0.3, -0.25) is 0 Å². The molecule has 0 amide bonds. The first-order valence-electron chi connectivity index (χ1n) is 12.7. The molecule has 2 heteroatoms. The molecule has 184 valence electrons. The Hall–Kier alpha value is -1.90. The molecule has 1 aromatic heterocycles. The second-order valence-electron chi connectivity index (χ2n) is 10.5. The zero-order valence-electron chi connectivity index (χ0n) is 22.4. The van der Waals surface area contributed by atoms with Crippen LogP contribution in [0.3, 0.4) is 0 Å². The normalized spacial score (nSPS) is 16.1. The van der Waals surface area contributed by atoms with Gasteiger partial charge in [0.2, 0.25) is 0 Å². The molecule has 1 aromatic rings. The molecule has 2 fully saturated rings.